The Labute approximate surface area is 100 Å². The molecule has 0 fully saturated rings. The van der Waals surface area contributed by atoms with Crippen LogP contribution in [0.4, 0.5) is 13.2 Å². The molecule has 0 saturated heterocycles. The van der Waals surface area contributed by atoms with Gasteiger partial charge in [-0.15, -0.1) is 0 Å². The van der Waals surface area contributed by atoms with E-state index >= 15 is 0 Å². The van der Waals surface area contributed by atoms with E-state index in [4.69, 9.17) is 0 Å². The lowest BCUT2D eigenvalue weighted by molar-refractivity contribution is 0.548. The molecule has 0 N–H and O–H groups in total. The van der Waals surface area contributed by atoms with Gasteiger partial charge < -0.3 is 0 Å². The Bertz CT molecular complexity index is 491. The van der Waals surface area contributed by atoms with E-state index in [1.54, 1.807) is 0 Å². The average Bonchev–Trinajstić information content (AvgIpc) is 2.49. The van der Waals surface area contributed by atoms with Crippen LogP contribution in [0.1, 0.15) is 0 Å². The third-order valence-electron chi connectivity index (χ3n) is 1.62. The van der Waals surface area contributed by atoms with E-state index in [2.05, 4.69) is 9.36 Å². The molecule has 0 saturated carbocycles. The molecule has 0 aliphatic heterocycles. The van der Waals surface area contributed by atoms with Gasteiger partial charge >= 0.3 is 0 Å². The summed E-state index contributed by atoms with van der Waals surface area (Å²) >= 11 is 2.69. The predicted octanol–water partition coefficient (Wildman–Crippen LogP) is 3.23. The molecule has 0 bridgehead atoms. The lowest BCUT2D eigenvalue weighted by atomic mass is 10.2. The summed E-state index contributed by atoms with van der Waals surface area (Å²) in [5.41, 5.74) is -0.336. The zero-order valence-electron chi connectivity index (χ0n) is 6.97. The van der Waals surface area contributed by atoms with Crippen molar-refractivity contribution >= 4 is 34.1 Å². The maximum absolute atomic E-state index is 13.3. The summed E-state index contributed by atoms with van der Waals surface area (Å²) in [6.45, 7) is 0. The van der Waals surface area contributed by atoms with Crippen LogP contribution in [0.3, 0.4) is 0 Å². The highest BCUT2D eigenvalue weighted by molar-refractivity contribution is 14.1. The Morgan fingerprint density at radius 3 is 2.20 bits per heavy atom. The quantitative estimate of drug-likeness (QED) is 0.744. The van der Waals surface area contributed by atoms with Crippen LogP contribution in [-0.4, -0.2) is 9.36 Å². The van der Waals surface area contributed by atoms with Crippen molar-refractivity contribution in [3.05, 3.63) is 33.4 Å². The minimum Gasteiger partial charge on any atom is -0.209 e. The zero-order chi connectivity index (χ0) is 11.0. The maximum atomic E-state index is 13.3. The molecule has 2 aromatic rings. The molecular formula is C8H2F3IN2S. The summed E-state index contributed by atoms with van der Waals surface area (Å²) in [5, 5.41) is 0.106. The van der Waals surface area contributed by atoms with Gasteiger partial charge in [0.1, 0.15) is 17.5 Å². The van der Waals surface area contributed by atoms with E-state index in [9.17, 15) is 13.2 Å². The first-order chi connectivity index (χ1) is 7.08. The van der Waals surface area contributed by atoms with Gasteiger partial charge in [-0.05, 0) is 11.5 Å². The van der Waals surface area contributed by atoms with Gasteiger partial charge in [0.15, 0.2) is 5.01 Å². The van der Waals surface area contributed by atoms with Crippen molar-refractivity contribution in [3.8, 4) is 10.6 Å². The van der Waals surface area contributed by atoms with Crippen molar-refractivity contribution in [2.24, 2.45) is 0 Å². The number of halogens is 4. The summed E-state index contributed by atoms with van der Waals surface area (Å²) in [5.74, 6) is -2.90. The second-order valence-corrected chi connectivity index (χ2v) is 4.33. The molecule has 2 nitrogen and oxygen atoms in total. The molecule has 1 aromatic carbocycles. The lowest BCUT2D eigenvalue weighted by Crippen LogP contribution is -1.91. The molecular weight excluding hydrogens is 340 g/mol. The van der Waals surface area contributed by atoms with E-state index in [1.165, 1.54) is 0 Å². The highest BCUT2D eigenvalue weighted by Crippen LogP contribution is 2.28. The summed E-state index contributed by atoms with van der Waals surface area (Å²) in [7, 11) is 0. The Morgan fingerprint density at radius 1 is 1.13 bits per heavy atom. The Kier molecular flexibility index (Phi) is 2.91. The maximum Gasteiger partial charge on any atom is 0.203 e. The number of nitrogens with zero attached hydrogens (tertiary/aromatic N) is 2. The minimum absolute atomic E-state index is 0.106. The standard InChI is InChI=1S/C8H2F3IN2S/c9-3-1-4(10)6(5(11)2-3)7-13-8(12)14-15-7/h1-2H. The molecule has 78 valence electrons. The Morgan fingerprint density at radius 2 is 1.73 bits per heavy atom. The third-order valence-corrected chi connectivity index (χ3v) is 3.16. The topological polar surface area (TPSA) is 25.8 Å². The number of rotatable bonds is 1. The fourth-order valence-electron chi connectivity index (χ4n) is 1.05. The molecule has 15 heavy (non-hydrogen) atoms. The van der Waals surface area contributed by atoms with Crippen LogP contribution in [0.5, 0.6) is 0 Å². The normalized spacial score (nSPS) is 10.7. The number of hydrogen-bond acceptors (Lipinski definition) is 3. The summed E-state index contributed by atoms with van der Waals surface area (Å²) in [6.07, 6.45) is 0. The Balaban J connectivity index is 2.62. The largest absolute Gasteiger partial charge is 0.209 e. The number of benzene rings is 1. The summed E-state index contributed by atoms with van der Waals surface area (Å²) < 4.78 is 43.3. The van der Waals surface area contributed by atoms with Gasteiger partial charge in [-0.2, -0.15) is 4.37 Å². The van der Waals surface area contributed by atoms with Crippen LogP contribution in [0, 0.1) is 21.3 Å². The molecule has 0 amide bonds. The van der Waals surface area contributed by atoms with Crippen LogP contribution < -0.4 is 0 Å². The highest BCUT2D eigenvalue weighted by atomic mass is 127. The molecule has 1 aromatic heterocycles. The van der Waals surface area contributed by atoms with Gasteiger partial charge in [0, 0.05) is 34.7 Å². The predicted molar refractivity (Wildman–Crippen MR) is 57.9 cm³/mol. The first-order valence-corrected chi connectivity index (χ1v) is 5.57. The molecule has 0 atom stereocenters. The molecule has 0 aliphatic carbocycles. The Hall–Kier alpha value is -0.700. The third kappa shape index (κ3) is 2.12. The second-order valence-electron chi connectivity index (χ2n) is 2.61. The van der Waals surface area contributed by atoms with Crippen LogP contribution in [0.2, 0.25) is 0 Å². The van der Waals surface area contributed by atoms with Gasteiger partial charge in [-0.25, -0.2) is 18.2 Å². The van der Waals surface area contributed by atoms with Crippen molar-refractivity contribution in [3.63, 3.8) is 0 Å². The van der Waals surface area contributed by atoms with Gasteiger partial charge in [-0.1, -0.05) is 0 Å². The molecule has 0 radical (unpaired) electrons. The zero-order valence-corrected chi connectivity index (χ0v) is 9.94. The summed E-state index contributed by atoms with van der Waals surface area (Å²) in [4.78, 5) is 3.82. The first kappa shape index (κ1) is 10.8. The van der Waals surface area contributed by atoms with Crippen LogP contribution in [-0.2, 0) is 0 Å². The second kappa shape index (κ2) is 4.05. The first-order valence-electron chi connectivity index (χ1n) is 3.72. The van der Waals surface area contributed by atoms with Crippen molar-refractivity contribution in [2.45, 2.75) is 0 Å². The smallest absolute Gasteiger partial charge is 0.203 e. The average molecular weight is 342 g/mol. The van der Waals surface area contributed by atoms with Crippen molar-refractivity contribution < 1.29 is 13.2 Å². The van der Waals surface area contributed by atoms with Gasteiger partial charge in [0.05, 0.1) is 5.56 Å². The SMILES string of the molecule is Fc1cc(F)c(-c2nc(I)ns2)c(F)c1. The van der Waals surface area contributed by atoms with E-state index in [0.29, 0.717) is 16.0 Å². The van der Waals surface area contributed by atoms with E-state index < -0.39 is 17.5 Å². The van der Waals surface area contributed by atoms with Crippen LogP contribution >= 0.6 is 34.1 Å². The van der Waals surface area contributed by atoms with E-state index in [0.717, 1.165) is 11.5 Å². The van der Waals surface area contributed by atoms with Crippen molar-refractivity contribution in [1.29, 1.82) is 0 Å². The molecule has 1 heterocycles. The van der Waals surface area contributed by atoms with Crippen LogP contribution in [0.15, 0.2) is 12.1 Å². The monoisotopic (exact) mass is 342 g/mol. The van der Waals surface area contributed by atoms with E-state index in [1.807, 2.05) is 22.6 Å². The lowest BCUT2D eigenvalue weighted by Gasteiger charge is -2.00. The fourth-order valence-corrected chi connectivity index (χ4v) is 2.37. The summed E-state index contributed by atoms with van der Waals surface area (Å²) in [6, 6.07) is 1.24. The number of aromatic nitrogens is 2. The van der Waals surface area contributed by atoms with Gasteiger partial charge in [-0.3, -0.25) is 0 Å². The molecule has 0 unspecified atom stereocenters. The molecule has 7 heteroatoms. The van der Waals surface area contributed by atoms with Gasteiger partial charge in [0.25, 0.3) is 0 Å². The molecule has 0 aliphatic rings. The van der Waals surface area contributed by atoms with Crippen LogP contribution in [0.25, 0.3) is 10.6 Å². The fraction of sp³-hybridized carbons (Fsp3) is 0. The minimum atomic E-state index is -0.972. The molecule has 2 rings (SSSR count). The number of hydrogen-bond donors (Lipinski definition) is 0. The van der Waals surface area contributed by atoms with Crippen molar-refractivity contribution in [2.75, 3.05) is 0 Å². The molecule has 0 spiro atoms. The highest BCUT2D eigenvalue weighted by Gasteiger charge is 2.17. The van der Waals surface area contributed by atoms with Gasteiger partial charge in [0.2, 0.25) is 3.83 Å². The van der Waals surface area contributed by atoms with E-state index in [-0.39, 0.29) is 10.6 Å². The van der Waals surface area contributed by atoms with Crippen molar-refractivity contribution in [1.82, 2.24) is 9.36 Å².